The molecule has 0 aliphatic carbocycles. The molecule has 2 atom stereocenters. The molecular formula is C21H28N2O. The first kappa shape index (κ1) is 17.2. The molecule has 0 amide bonds. The molecule has 0 radical (unpaired) electrons. The summed E-state index contributed by atoms with van der Waals surface area (Å²) < 4.78 is 0. The molecule has 1 saturated heterocycles. The number of likely N-dealkylation sites (tertiary alicyclic amines) is 1. The smallest absolute Gasteiger partial charge is 0.0914 e. The summed E-state index contributed by atoms with van der Waals surface area (Å²) in [7, 11) is 0. The zero-order valence-electron chi connectivity index (χ0n) is 14.5. The maximum absolute atomic E-state index is 10.3. The number of aliphatic hydroxyl groups excluding tert-OH is 1. The van der Waals surface area contributed by atoms with Gasteiger partial charge >= 0.3 is 0 Å². The Bertz CT molecular complexity index is 611. The van der Waals surface area contributed by atoms with E-state index in [9.17, 15) is 5.11 Å². The molecular weight excluding hydrogens is 296 g/mol. The van der Waals surface area contributed by atoms with E-state index in [1.165, 1.54) is 11.1 Å². The van der Waals surface area contributed by atoms with Gasteiger partial charge in [-0.05, 0) is 37.4 Å². The first-order valence-corrected chi connectivity index (χ1v) is 8.95. The molecule has 3 rings (SSSR count). The van der Waals surface area contributed by atoms with E-state index in [1.54, 1.807) is 0 Å². The Labute approximate surface area is 145 Å². The van der Waals surface area contributed by atoms with Crippen LogP contribution in [0, 0.1) is 6.92 Å². The van der Waals surface area contributed by atoms with Crippen LogP contribution in [0.25, 0.3) is 0 Å². The van der Waals surface area contributed by atoms with Gasteiger partial charge in [0, 0.05) is 25.7 Å². The molecule has 2 aromatic carbocycles. The molecule has 2 aromatic rings. The Kier molecular flexibility index (Phi) is 6.02. The van der Waals surface area contributed by atoms with E-state index in [2.05, 4.69) is 59.6 Å². The molecule has 3 nitrogen and oxygen atoms in total. The van der Waals surface area contributed by atoms with E-state index < -0.39 is 6.10 Å². The molecule has 1 heterocycles. The van der Waals surface area contributed by atoms with Gasteiger partial charge < -0.3 is 15.3 Å². The quantitative estimate of drug-likeness (QED) is 0.822. The monoisotopic (exact) mass is 324 g/mol. The second-order valence-electron chi connectivity index (χ2n) is 6.86. The lowest BCUT2D eigenvalue weighted by Crippen LogP contribution is -2.35. The number of hydrogen-bond acceptors (Lipinski definition) is 3. The summed E-state index contributed by atoms with van der Waals surface area (Å²) in [5.41, 5.74) is 3.62. The number of hydrogen-bond donors (Lipinski definition) is 2. The molecule has 0 spiro atoms. The van der Waals surface area contributed by atoms with Crippen molar-refractivity contribution in [3.05, 3.63) is 71.3 Å². The highest BCUT2D eigenvalue weighted by atomic mass is 16.3. The van der Waals surface area contributed by atoms with Gasteiger partial charge in [0.15, 0.2) is 0 Å². The fourth-order valence-electron chi connectivity index (χ4n) is 3.32. The van der Waals surface area contributed by atoms with Gasteiger partial charge in [0.25, 0.3) is 0 Å². The minimum Gasteiger partial charge on any atom is -0.387 e. The van der Waals surface area contributed by atoms with Crippen molar-refractivity contribution in [2.75, 3.05) is 26.2 Å². The van der Waals surface area contributed by atoms with Crippen LogP contribution in [-0.4, -0.2) is 42.2 Å². The van der Waals surface area contributed by atoms with Crippen LogP contribution >= 0.6 is 0 Å². The topological polar surface area (TPSA) is 35.5 Å². The van der Waals surface area contributed by atoms with Crippen LogP contribution in [0.3, 0.4) is 0 Å². The van der Waals surface area contributed by atoms with Crippen LogP contribution < -0.4 is 5.32 Å². The van der Waals surface area contributed by atoms with E-state index >= 15 is 0 Å². The Morgan fingerprint density at radius 3 is 2.62 bits per heavy atom. The maximum Gasteiger partial charge on any atom is 0.0914 e. The molecule has 128 valence electrons. The van der Waals surface area contributed by atoms with Gasteiger partial charge in [0.05, 0.1) is 6.10 Å². The Morgan fingerprint density at radius 2 is 1.88 bits per heavy atom. The van der Waals surface area contributed by atoms with Crippen molar-refractivity contribution in [3.8, 4) is 0 Å². The number of rotatable bonds is 7. The highest BCUT2D eigenvalue weighted by Gasteiger charge is 2.22. The van der Waals surface area contributed by atoms with Gasteiger partial charge in [-0.1, -0.05) is 60.2 Å². The van der Waals surface area contributed by atoms with Crippen molar-refractivity contribution in [1.82, 2.24) is 10.2 Å². The fraction of sp³-hybridized carbons (Fsp3) is 0.429. The molecule has 24 heavy (non-hydrogen) atoms. The third-order valence-electron chi connectivity index (χ3n) is 4.89. The first-order valence-electron chi connectivity index (χ1n) is 8.95. The second-order valence-corrected chi connectivity index (χ2v) is 6.86. The number of aliphatic hydroxyl groups is 1. The van der Waals surface area contributed by atoms with Crippen LogP contribution in [0.4, 0.5) is 0 Å². The summed E-state index contributed by atoms with van der Waals surface area (Å²) in [6.45, 7) is 6.03. The van der Waals surface area contributed by atoms with Crippen molar-refractivity contribution in [2.24, 2.45) is 0 Å². The van der Waals surface area contributed by atoms with Gasteiger partial charge in [0.2, 0.25) is 0 Å². The van der Waals surface area contributed by atoms with E-state index in [-0.39, 0.29) is 0 Å². The maximum atomic E-state index is 10.3. The van der Waals surface area contributed by atoms with E-state index in [0.29, 0.717) is 12.6 Å². The van der Waals surface area contributed by atoms with Gasteiger partial charge in [-0.15, -0.1) is 0 Å². The van der Waals surface area contributed by atoms with E-state index in [4.69, 9.17) is 0 Å². The van der Waals surface area contributed by atoms with E-state index in [0.717, 1.165) is 38.0 Å². The Balaban J connectivity index is 1.39. The van der Waals surface area contributed by atoms with Gasteiger partial charge in [-0.3, -0.25) is 0 Å². The zero-order chi connectivity index (χ0) is 16.8. The molecule has 0 unspecified atom stereocenters. The predicted molar refractivity (Wildman–Crippen MR) is 99.1 cm³/mol. The lowest BCUT2D eigenvalue weighted by Gasteiger charge is -2.18. The Morgan fingerprint density at radius 1 is 1.12 bits per heavy atom. The van der Waals surface area contributed by atoms with Crippen LogP contribution in [0.15, 0.2) is 54.6 Å². The molecule has 1 aliphatic heterocycles. The average molecular weight is 324 g/mol. The van der Waals surface area contributed by atoms with Gasteiger partial charge in [0.1, 0.15) is 0 Å². The molecule has 0 bridgehead atoms. The summed E-state index contributed by atoms with van der Waals surface area (Å²) in [5, 5.41) is 13.8. The van der Waals surface area contributed by atoms with E-state index in [1.807, 2.05) is 12.1 Å². The van der Waals surface area contributed by atoms with Crippen molar-refractivity contribution in [1.29, 1.82) is 0 Å². The molecule has 0 saturated carbocycles. The predicted octanol–water partition coefficient (Wildman–Crippen LogP) is 2.94. The molecule has 1 fully saturated rings. The third-order valence-corrected chi connectivity index (χ3v) is 4.89. The first-order chi connectivity index (χ1) is 11.7. The minimum absolute atomic E-state index is 0.427. The normalized spacial score (nSPS) is 19.5. The Hall–Kier alpha value is -1.68. The molecule has 2 N–H and O–H groups in total. The number of nitrogens with one attached hydrogen (secondary N) is 1. The minimum atomic E-state index is -0.427. The lowest BCUT2D eigenvalue weighted by molar-refractivity contribution is 0.169. The number of benzene rings is 2. The highest BCUT2D eigenvalue weighted by molar-refractivity contribution is 5.23. The van der Waals surface area contributed by atoms with Crippen molar-refractivity contribution >= 4 is 0 Å². The average Bonchev–Trinajstić information content (AvgIpc) is 3.07. The summed E-state index contributed by atoms with van der Waals surface area (Å²) in [6.07, 6.45) is 1.85. The standard InChI is InChI=1S/C21H28N2O/c1-17-7-9-19(10-8-17)21(24)15-22-20-12-14-23(16-20)13-11-18-5-3-2-4-6-18/h2-10,20-22,24H,11-16H2,1H3/t20-,21+/m1/s1. The van der Waals surface area contributed by atoms with Crippen LogP contribution in [0.5, 0.6) is 0 Å². The van der Waals surface area contributed by atoms with Gasteiger partial charge in [-0.2, -0.15) is 0 Å². The summed E-state index contributed by atoms with van der Waals surface area (Å²) in [6, 6.07) is 19.3. The third kappa shape index (κ3) is 4.91. The van der Waals surface area contributed by atoms with Crippen molar-refractivity contribution < 1.29 is 5.11 Å². The molecule has 3 heteroatoms. The summed E-state index contributed by atoms with van der Waals surface area (Å²) >= 11 is 0. The van der Waals surface area contributed by atoms with Gasteiger partial charge in [-0.25, -0.2) is 0 Å². The highest BCUT2D eigenvalue weighted by Crippen LogP contribution is 2.15. The van der Waals surface area contributed by atoms with Crippen LogP contribution in [0.2, 0.25) is 0 Å². The van der Waals surface area contributed by atoms with Crippen molar-refractivity contribution in [2.45, 2.75) is 31.9 Å². The SMILES string of the molecule is Cc1ccc([C@@H](O)CN[C@@H]2CCN(CCc3ccccc3)C2)cc1. The molecule has 1 aliphatic rings. The number of aryl methyl sites for hydroxylation is 1. The zero-order valence-corrected chi connectivity index (χ0v) is 14.5. The van der Waals surface area contributed by atoms with Crippen LogP contribution in [-0.2, 0) is 6.42 Å². The molecule has 0 aromatic heterocycles. The van der Waals surface area contributed by atoms with Crippen molar-refractivity contribution in [3.63, 3.8) is 0 Å². The summed E-state index contributed by atoms with van der Waals surface area (Å²) in [4.78, 5) is 2.52. The number of nitrogens with zero attached hydrogens (tertiary/aromatic N) is 1. The second kappa shape index (κ2) is 8.43. The summed E-state index contributed by atoms with van der Waals surface area (Å²) in [5.74, 6) is 0. The van der Waals surface area contributed by atoms with Crippen LogP contribution in [0.1, 0.15) is 29.2 Å². The largest absolute Gasteiger partial charge is 0.387 e. The fourth-order valence-corrected chi connectivity index (χ4v) is 3.32. The lowest BCUT2D eigenvalue weighted by atomic mass is 10.1.